The summed E-state index contributed by atoms with van der Waals surface area (Å²) in [5, 5.41) is 10.0. The zero-order chi connectivity index (χ0) is 28.4. The van der Waals surface area contributed by atoms with E-state index >= 15 is 0 Å². The van der Waals surface area contributed by atoms with E-state index < -0.39 is 10.8 Å². The van der Waals surface area contributed by atoms with Crippen LogP contribution in [-0.4, -0.2) is 31.6 Å². The van der Waals surface area contributed by atoms with Crippen molar-refractivity contribution in [2.45, 2.75) is 99.5 Å². The van der Waals surface area contributed by atoms with Crippen LogP contribution in [0.3, 0.4) is 0 Å². The van der Waals surface area contributed by atoms with Gasteiger partial charge in [-0.3, -0.25) is 9.59 Å². The van der Waals surface area contributed by atoms with Crippen LogP contribution < -0.4 is 0 Å². The van der Waals surface area contributed by atoms with E-state index in [9.17, 15) is 14.9 Å². The molecule has 3 saturated carbocycles. The molecule has 4 fully saturated rings. The quantitative estimate of drug-likeness (QED) is 0.273. The molecule has 5 unspecified atom stereocenters. The molecule has 1 aliphatic heterocycles. The zero-order valence-electron chi connectivity index (χ0n) is 25.3. The third kappa shape index (κ3) is 3.22. The van der Waals surface area contributed by atoms with Gasteiger partial charge < -0.3 is 9.47 Å². The number of esters is 1. The Morgan fingerprint density at radius 3 is 2.36 bits per heavy atom. The molecule has 0 N–H and O–H groups in total. The second-order valence-electron chi connectivity index (χ2n) is 16.0. The van der Waals surface area contributed by atoms with Gasteiger partial charge in [-0.15, -0.1) is 0 Å². The van der Waals surface area contributed by atoms with Crippen molar-refractivity contribution in [3.05, 3.63) is 23.3 Å². The van der Waals surface area contributed by atoms with E-state index in [-0.39, 0.29) is 51.4 Å². The van der Waals surface area contributed by atoms with Crippen LogP contribution in [0.15, 0.2) is 23.3 Å². The summed E-state index contributed by atoms with van der Waals surface area (Å²) in [6.07, 6.45) is 11.3. The van der Waals surface area contributed by atoms with Gasteiger partial charge in [0.05, 0.1) is 30.8 Å². The van der Waals surface area contributed by atoms with Crippen LogP contribution in [-0.2, 0) is 19.1 Å². The molecule has 1 saturated heterocycles. The fourth-order valence-corrected chi connectivity index (χ4v) is 11.3. The minimum atomic E-state index is -0.594. The number of rotatable bonds is 1. The molecule has 0 spiro atoms. The molecular weight excluding hydrogens is 486 g/mol. The van der Waals surface area contributed by atoms with Crippen LogP contribution in [0.5, 0.6) is 0 Å². The molecule has 6 rings (SSSR count). The lowest BCUT2D eigenvalue weighted by atomic mass is 9.36. The Bertz CT molecular complexity index is 1240. The maximum absolute atomic E-state index is 13.6. The van der Waals surface area contributed by atoms with Crippen LogP contribution in [0.4, 0.5) is 0 Å². The first-order valence-corrected chi connectivity index (χ1v) is 15.2. The predicted octanol–water partition coefficient (Wildman–Crippen LogP) is 6.82. The molecule has 5 aliphatic carbocycles. The minimum Gasteiger partial charge on any atom is -0.469 e. The van der Waals surface area contributed by atoms with Crippen LogP contribution in [0, 0.1) is 67.5 Å². The number of nitriles is 1. The van der Waals surface area contributed by atoms with E-state index in [0.717, 1.165) is 51.6 Å². The molecule has 9 atom stereocenters. The number of hydrogen-bond donors (Lipinski definition) is 0. The number of methoxy groups -OCH3 is 1. The first kappa shape index (κ1) is 27.3. The van der Waals surface area contributed by atoms with Crippen molar-refractivity contribution < 1.29 is 19.1 Å². The number of carbonyl (C=O) groups is 2. The van der Waals surface area contributed by atoms with Crippen LogP contribution >= 0.6 is 0 Å². The normalized spacial score (nSPS) is 49.1. The van der Waals surface area contributed by atoms with Crippen molar-refractivity contribution in [2.75, 3.05) is 13.7 Å². The lowest BCUT2D eigenvalue weighted by molar-refractivity contribution is -0.223. The van der Waals surface area contributed by atoms with Crippen molar-refractivity contribution in [3.8, 4) is 6.07 Å². The number of carbonyl (C=O) groups excluding carboxylic acids is 2. The lowest BCUT2D eigenvalue weighted by Gasteiger charge is -2.68. The maximum Gasteiger partial charge on any atom is 0.312 e. The highest BCUT2D eigenvalue weighted by Crippen LogP contribution is 2.75. The standard InChI is InChI=1S/C34H47NO4/c1-29(2)11-13-34(28(37)38-8)14-12-33(7)26(22(34)17-29)21-19-39-23(21)15-25-31(5)16-20(18-35)27(36)30(3,4)24(31)9-10-32(25,33)6/h15-16,21-24,26H,9-14,17,19H2,1-8H3/t21?,22?,23?,24?,26?,31-,32+,33+,34-/m0/s1. The highest BCUT2D eigenvalue weighted by molar-refractivity contribution is 6.04. The van der Waals surface area contributed by atoms with E-state index in [4.69, 9.17) is 9.47 Å². The molecule has 5 heteroatoms. The largest absolute Gasteiger partial charge is 0.469 e. The highest BCUT2D eigenvalue weighted by Gasteiger charge is 2.71. The first-order chi connectivity index (χ1) is 18.1. The second kappa shape index (κ2) is 8.09. The fraction of sp³-hybridized carbons (Fsp3) is 0.794. The molecule has 0 aromatic heterocycles. The van der Waals surface area contributed by atoms with E-state index in [1.54, 1.807) is 7.11 Å². The third-order valence-electron chi connectivity index (χ3n) is 13.6. The van der Waals surface area contributed by atoms with Crippen LogP contribution in [0.1, 0.15) is 93.4 Å². The van der Waals surface area contributed by atoms with Gasteiger partial charge in [-0.2, -0.15) is 5.26 Å². The van der Waals surface area contributed by atoms with Crippen LogP contribution in [0.2, 0.25) is 0 Å². The van der Waals surface area contributed by atoms with Gasteiger partial charge >= 0.3 is 5.97 Å². The minimum absolute atomic E-state index is 0.00534. The maximum atomic E-state index is 13.6. The third-order valence-corrected chi connectivity index (χ3v) is 13.6. The zero-order valence-corrected chi connectivity index (χ0v) is 25.3. The Morgan fingerprint density at radius 1 is 1.05 bits per heavy atom. The number of hydrogen-bond acceptors (Lipinski definition) is 5. The Balaban J connectivity index is 1.54. The topological polar surface area (TPSA) is 76.4 Å². The molecule has 0 aromatic rings. The van der Waals surface area contributed by atoms with Crippen molar-refractivity contribution in [2.24, 2.45) is 56.2 Å². The number of ketones is 1. The monoisotopic (exact) mass is 533 g/mol. The van der Waals surface area contributed by atoms with Crippen molar-refractivity contribution in [1.82, 2.24) is 0 Å². The number of ether oxygens (including phenoxy) is 2. The summed E-state index contributed by atoms with van der Waals surface area (Å²) in [5.74, 6) is 1.09. The average molecular weight is 534 g/mol. The number of fused-ring (bicyclic) bond motifs is 9. The Kier molecular flexibility index (Phi) is 5.65. The number of Topliss-reactive ketones (excluding diaryl/α,β-unsaturated/α-hetero) is 1. The molecule has 39 heavy (non-hydrogen) atoms. The summed E-state index contributed by atoms with van der Waals surface area (Å²) in [6.45, 7) is 16.9. The van der Waals surface area contributed by atoms with Crippen LogP contribution in [0.25, 0.3) is 0 Å². The Hall–Kier alpha value is -1.93. The lowest BCUT2D eigenvalue weighted by Crippen LogP contribution is -2.64. The SMILES string of the molecule is COC(=O)[C@]12CCC(C)(C)CC1C1C3COC3C=C3[C@@]4(C)C=C(C#N)C(=O)C(C)(C)C4CC[C@@]3(C)[C@]1(C)CC2. The smallest absolute Gasteiger partial charge is 0.312 e. The van der Waals surface area contributed by atoms with Gasteiger partial charge in [-0.25, -0.2) is 0 Å². The summed E-state index contributed by atoms with van der Waals surface area (Å²) in [7, 11) is 1.57. The van der Waals surface area contributed by atoms with E-state index in [1.807, 2.05) is 19.9 Å². The van der Waals surface area contributed by atoms with Gasteiger partial charge in [-0.05, 0) is 78.9 Å². The van der Waals surface area contributed by atoms with Gasteiger partial charge in [0, 0.05) is 16.7 Å². The van der Waals surface area contributed by atoms with Gasteiger partial charge in [0.25, 0.3) is 0 Å². The van der Waals surface area contributed by atoms with Gasteiger partial charge in [-0.1, -0.05) is 66.2 Å². The van der Waals surface area contributed by atoms with Gasteiger partial charge in [0.2, 0.25) is 0 Å². The summed E-state index contributed by atoms with van der Waals surface area (Å²) >= 11 is 0. The summed E-state index contributed by atoms with van der Waals surface area (Å²) < 4.78 is 11.9. The number of nitrogens with zero attached hydrogens (tertiary/aromatic N) is 1. The average Bonchev–Trinajstić information content (AvgIpc) is 2.91. The predicted molar refractivity (Wildman–Crippen MR) is 149 cm³/mol. The van der Waals surface area contributed by atoms with E-state index in [1.165, 1.54) is 5.57 Å². The van der Waals surface area contributed by atoms with Gasteiger partial charge in [0.15, 0.2) is 5.78 Å². The Morgan fingerprint density at radius 2 is 1.74 bits per heavy atom. The van der Waals surface area contributed by atoms with Gasteiger partial charge in [0.1, 0.15) is 6.07 Å². The summed E-state index contributed by atoms with van der Waals surface area (Å²) in [5.41, 5.74) is 0.320. The van der Waals surface area contributed by atoms with Crippen molar-refractivity contribution >= 4 is 11.8 Å². The first-order valence-electron chi connectivity index (χ1n) is 15.2. The van der Waals surface area contributed by atoms with E-state index in [0.29, 0.717) is 17.4 Å². The Labute approximate surface area is 234 Å². The molecule has 0 aromatic carbocycles. The highest BCUT2D eigenvalue weighted by atomic mass is 16.5. The molecule has 0 amide bonds. The molecular formula is C34H47NO4. The molecule has 1 heterocycles. The molecule has 5 nitrogen and oxygen atoms in total. The van der Waals surface area contributed by atoms with Crippen molar-refractivity contribution in [3.63, 3.8) is 0 Å². The molecule has 0 radical (unpaired) electrons. The number of allylic oxidation sites excluding steroid dienone is 3. The van der Waals surface area contributed by atoms with E-state index in [2.05, 4.69) is 46.8 Å². The van der Waals surface area contributed by atoms with Crippen molar-refractivity contribution in [1.29, 1.82) is 5.26 Å². The fourth-order valence-electron chi connectivity index (χ4n) is 11.3. The molecule has 0 bridgehead atoms. The summed E-state index contributed by atoms with van der Waals surface area (Å²) in [4.78, 5) is 27.0. The molecule has 212 valence electrons. The molecule has 6 aliphatic rings. The summed E-state index contributed by atoms with van der Waals surface area (Å²) in [6, 6.07) is 2.26. The second-order valence-corrected chi connectivity index (χ2v) is 16.0.